The summed E-state index contributed by atoms with van der Waals surface area (Å²) in [6.07, 6.45) is 1.59. The predicted octanol–water partition coefficient (Wildman–Crippen LogP) is 0.983. The molecule has 128 valence electrons. The zero-order valence-corrected chi connectivity index (χ0v) is 13.5. The van der Waals surface area contributed by atoms with Gasteiger partial charge in [-0.05, 0) is 19.1 Å². The number of nitrogens with zero attached hydrogens (tertiary/aromatic N) is 3. The summed E-state index contributed by atoms with van der Waals surface area (Å²) in [7, 11) is 1.82. The number of urea groups is 1. The molecule has 1 aromatic carbocycles. The van der Waals surface area contributed by atoms with E-state index in [4.69, 9.17) is 14.2 Å². The van der Waals surface area contributed by atoms with Gasteiger partial charge in [0, 0.05) is 13.1 Å². The van der Waals surface area contributed by atoms with Crippen LogP contribution in [0.5, 0.6) is 17.2 Å². The molecule has 0 unspecified atom stereocenters. The first-order valence-electron chi connectivity index (χ1n) is 7.54. The highest BCUT2D eigenvalue weighted by molar-refractivity contribution is 5.74. The number of fused-ring (bicyclic) bond motifs is 1. The van der Waals surface area contributed by atoms with Gasteiger partial charge in [0.25, 0.3) is 0 Å². The van der Waals surface area contributed by atoms with Crippen LogP contribution in [0.3, 0.4) is 0 Å². The lowest BCUT2D eigenvalue weighted by atomic mass is 10.3. The number of benzene rings is 1. The van der Waals surface area contributed by atoms with Gasteiger partial charge in [0.2, 0.25) is 6.79 Å². The minimum Gasteiger partial charge on any atom is -0.492 e. The first-order chi connectivity index (χ1) is 11.6. The zero-order chi connectivity index (χ0) is 16.9. The number of aryl methyl sites for hydroxylation is 1. The van der Waals surface area contributed by atoms with Crippen molar-refractivity contribution in [2.45, 2.75) is 13.0 Å². The minimum absolute atomic E-state index is 0.226. The molecule has 0 saturated heterocycles. The molecule has 2 heterocycles. The zero-order valence-electron chi connectivity index (χ0n) is 13.5. The molecule has 0 fully saturated rings. The van der Waals surface area contributed by atoms with Crippen LogP contribution in [0.25, 0.3) is 0 Å². The molecule has 1 aliphatic rings. The molecule has 1 aliphatic heterocycles. The van der Waals surface area contributed by atoms with Gasteiger partial charge in [0.05, 0.1) is 12.6 Å². The normalized spacial score (nSPS) is 13.4. The van der Waals surface area contributed by atoms with Gasteiger partial charge in [-0.3, -0.25) is 0 Å². The number of rotatable bonds is 6. The van der Waals surface area contributed by atoms with E-state index in [9.17, 15) is 4.79 Å². The number of amides is 2. The third kappa shape index (κ3) is 3.67. The van der Waals surface area contributed by atoms with Crippen molar-refractivity contribution in [3.8, 4) is 17.2 Å². The summed E-state index contributed by atoms with van der Waals surface area (Å²) >= 11 is 0. The van der Waals surface area contributed by atoms with Crippen LogP contribution in [0.2, 0.25) is 0 Å². The van der Waals surface area contributed by atoms with Crippen molar-refractivity contribution in [2.75, 3.05) is 19.9 Å². The molecule has 0 spiro atoms. The molecule has 9 heteroatoms. The van der Waals surface area contributed by atoms with Crippen molar-refractivity contribution in [3.05, 3.63) is 30.4 Å². The largest absolute Gasteiger partial charge is 0.492 e. The van der Waals surface area contributed by atoms with Gasteiger partial charge in [0.1, 0.15) is 18.7 Å². The average molecular weight is 333 g/mol. The SMILES string of the molecule is C[C@@H](NC(=O)NCCOc1ccc2c(c1)OCO2)c1nncn1C. The van der Waals surface area contributed by atoms with Gasteiger partial charge in [-0.2, -0.15) is 0 Å². The van der Waals surface area contributed by atoms with Gasteiger partial charge in [-0.1, -0.05) is 0 Å². The number of carbonyl (C=O) groups is 1. The Morgan fingerprint density at radius 3 is 3.04 bits per heavy atom. The summed E-state index contributed by atoms with van der Waals surface area (Å²) < 4.78 is 17.8. The quantitative estimate of drug-likeness (QED) is 0.765. The van der Waals surface area contributed by atoms with Crippen LogP contribution in [0.1, 0.15) is 18.8 Å². The van der Waals surface area contributed by atoms with E-state index < -0.39 is 0 Å². The molecule has 0 aliphatic carbocycles. The Morgan fingerprint density at radius 1 is 1.42 bits per heavy atom. The maximum Gasteiger partial charge on any atom is 0.315 e. The van der Waals surface area contributed by atoms with Gasteiger partial charge in [-0.25, -0.2) is 4.79 Å². The fourth-order valence-corrected chi connectivity index (χ4v) is 2.30. The Balaban J connectivity index is 1.38. The molecule has 2 amide bonds. The van der Waals surface area contributed by atoms with Gasteiger partial charge < -0.3 is 29.4 Å². The van der Waals surface area contributed by atoms with E-state index in [1.807, 2.05) is 14.0 Å². The predicted molar refractivity (Wildman–Crippen MR) is 84.0 cm³/mol. The lowest BCUT2D eigenvalue weighted by Gasteiger charge is -2.14. The van der Waals surface area contributed by atoms with Crippen LogP contribution in [0.15, 0.2) is 24.5 Å². The second-order valence-electron chi connectivity index (χ2n) is 5.29. The van der Waals surface area contributed by atoms with Crippen LogP contribution in [0.4, 0.5) is 4.79 Å². The third-order valence-corrected chi connectivity index (χ3v) is 3.48. The van der Waals surface area contributed by atoms with Crippen molar-refractivity contribution in [3.63, 3.8) is 0 Å². The number of nitrogens with one attached hydrogen (secondary N) is 2. The molecular weight excluding hydrogens is 314 g/mol. The topological polar surface area (TPSA) is 99.5 Å². The Kier molecular flexibility index (Phi) is 4.69. The second-order valence-corrected chi connectivity index (χ2v) is 5.29. The Bertz CT molecular complexity index is 718. The van der Waals surface area contributed by atoms with Crippen molar-refractivity contribution in [1.29, 1.82) is 0 Å². The number of hydrogen-bond acceptors (Lipinski definition) is 6. The van der Waals surface area contributed by atoms with Crippen LogP contribution in [-0.2, 0) is 7.05 Å². The maximum atomic E-state index is 11.9. The summed E-state index contributed by atoms with van der Waals surface area (Å²) in [4.78, 5) is 11.9. The van der Waals surface area contributed by atoms with Crippen molar-refractivity contribution in [2.24, 2.45) is 7.05 Å². The van der Waals surface area contributed by atoms with Crippen molar-refractivity contribution >= 4 is 6.03 Å². The minimum atomic E-state index is -0.292. The van der Waals surface area contributed by atoms with Crippen LogP contribution >= 0.6 is 0 Å². The average Bonchev–Trinajstić information content (AvgIpc) is 3.19. The Labute approximate surface area is 138 Å². The smallest absolute Gasteiger partial charge is 0.315 e. The highest BCUT2D eigenvalue weighted by Crippen LogP contribution is 2.34. The number of ether oxygens (including phenoxy) is 3. The molecule has 1 atom stereocenters. The standard InChI is InChI=1S/C15H19N5O4/c1-10(14-19-17-8-20(14)2)18-15(21)16-5-6-22-11-3-4-12-13(7-11)24-9-23-12/h3-4,7-8,10H,5-6,9H2,1-2H3,(H2,16,18,21)/t10-/m1/s1. The summed E-state index contributed by atoms with van der Waals surface area (Å²) in [6.45, 7) is 2.77. The van der Waals surface area contributed by atoms with E-state index in [0.717, 1.165) is 0 Å². The molecule has 0 bridgehead atoms. The highest BCUT2D eigenvalue weighted by atomic mass is 16.7. The molecule has 2 N–H and O–H groups in total. The Hall–Kier alpha value is -2.97. The van der Waals surface area contributed by atoms with Crippen molar-refractivity contribution in [1.82, 2.24) is 25.4 Å². The lowest BCUT2D eigenvalue weighted by molar-refractivity contribution is 0.173. The molecule has 3 rings (SSSR count). The molecule has 0 saturated carbocycles. The number of aromatic nitrogens is 3. The van der Waals surface area contributed by atoms with Crippen LogP contribution < -0.4 is 24.8 Å². The van der Waals surface area contributed by atoms with Gasteiger partial charge >= 0.3 is 6.03 Å². The molecule has 2 aromatic rings. The van der Waals surface area contributed by atoms with Gasteiger partial charge in [-0.15, -0.1) is 10.2 Å². The summed E-state index contributed by atoms with van der Waals surface area (Å²) in [5, 5.41) is 13.3. The monoisotopic (exact) mass is 333 g/mol. The fourth-order valence-electron chi connectivity index (χ4n) is 2.30. The summed E-state index contributed by atoms with van der Waals surface area (Å²) in [5.74, 6) is 2.71. The van der Waals surface area contributed by atoms with Crippen LogP contribution in [0, 0.1) is 0 Å². The number of carbonyl (C=O) groups excluding carboxylic acids is 1. The molecule has 0 radical (unpaired) electrons. The number of hydrogen-bond donors (Lipinski definition) is 2. The van der Waals surface area contributed by atoms with Gasteiger partial charge in [0.15, 0.2) is 17.3 Å². The van der Waals surface area contributed by atoms with Crippen molar-refractivity contribution < 1.29 is 19.0 Å². The van der Waals surface area contributed by atoms with E-state index in [-0.39, 0.29) is 18.9 Å². The third-order valence-electron chi connectivity index (χ3n) is 3.48. The van der Waals surface area contributed by atoms with E-state index >= 15 is 0 Å². The molecular formula is C15H19N5O4. The molecule has 24 heavy (non-hydrogen) atoms. The Morgan fingerprint density at radius 2 is 2.25 bits per heavy atom. The van der Waals surface area contributed by atoms with E-state index in [1.165, 1.54) is 0 Å². The highest BCUT2D eigenvalue weighted by Gasteiger charge is 2.15. The lowest BCUT2D eigenvalue weighted by Crippen LogP contribution is -2.39. The maximum absolute atomic E-state index is 11.9. The second kappa shape index (κ2) is 7.07. The first-order valence-corrected chi connectivity index (χ1v) is 7.54. The van der Waals surface area contributed by atoms with E-state index in [1.54, 1.807) is 29.1 Å². The van der Waals surface area contributed by atoms with E-state index in [0.29, 0.717) is 36.2 Å². The summed E-state index contributed by atoms with van der Waals surface area (Å²) in [6, 6.07) is 4.81. The van der Waals surface area contributed by atoms with Crippen LogP contribution in [-0.4, -0.2) is 40.7 Å². The summed E-state index contributed by atoms with van der Waals surface area (Å²) in [5.41, 5.74) is 0. The van der Waals surface area contributed by atoms with E-state index in [2.05, 4.69) is 20.8 Å². The molecule has 1 aromatic heterocycles. The first kappa shape index (κ1) is 15.9. The fraction of sp³-hybridized carbons (Fsp3) is 0.400. The molecule has 9 nitrogen and oxygen atoms in total.